The zero-order chi connectivity index (χ0) is 24.4. The third-order valence-corrected chi connectivity index (χ3v) is 6.90. The molecule has 1 unspecified atom stereocenters. The average molecular weight is 491 g/mol. The zero-order valence-corrected chi connectivity index (χ0v) is 19.3. The van der Waals surface area contributed by atoms with Gasteiger partial charge in [0.2, 0.25) is 0 Å². The van der Waals surface area contributed by atoms with Gasteiger partial charge < -0.3 is 9.88 Å². The molecule has 1 N–H and O–H groups in total. The summed E-state index contributed by atoms with van der Waals surface area (Å²) in [5.74, 6) is 0.121. The van der Waals surface area contributed by atoms with Crippen molar-refractivity contribution in [3.63, 3.8) is 0 Å². The number of carbonyl (C=O) groups excluding carboxylic acids is 1. The maximum atomic E-state index is 13.2. The molecule has 4 aromatic rings. The molecule has 1 fully saturated rings. The van der Waals surface area contributed by atoms with E-state index in [0.717, 1.165) is 25.1 Å². The lowest BCUT2D eigenvalue weighted by atomic mass is 10.2. The molecular formula is C21H20F3N7O2S. The van der Waals surface area contributed by atoms with Gasteiger partial charge in [-0.25, -0.2) is 19.5 Å². The van der Waals surface area contributed by atoms with Crippen LogP contribution in [0.2, 0.25) is 0 Å². The van der Waals surface area contributed by atoms with Crippen molar-refractivity contribution in [2.45, 2.75) is 43.9 Å². The first-order valence-electron chi connectivity index (χ1n) is 10.6. The van der Waals surface area contributed by atoms with Crippen molar-refractivity contribution in [1.29, 1.82) is 0 Å². The predicted octanol–water partition coefficient (Wildman–Crippen LogP) is 3.02. The van der Waals surface area contributed by atoms with Crippen LogP contribution in [-0.2, 0) is 24.0 Å². The predicted molar refractivity (Wildman–Crippen MR) is 118 cm³/mol. The SMILES string of the molecule is CCS(=O)c1nn2c(C(=O)NC3CC3)c(C)cnc2c1-c1nc2cc(C(F)(F)F)cnc2n1C. The molecule has 34 heavy (non-hydrogen) atoms. The van der Waals surface area contributed by atoms with E-state index in [2.05, 4.69) is 25.4 Å². The lowest BCUT2D eigenvalue weighted by Gasteiger charge is -2.08. The van der Waals surface area contributed by atoms with Crippen molar-refractivity contribution in [3.8, 4) is 11.4 Å². The number of aromatic nitrogens is 6. The Labute approximate surface area is 193 Å². The molecule has 1 aliphatic carbocycles. The second-order valence-corrected chi connectivity index (χ2v) is 9.80. The normalized spacial score (nSPS) is 15.2. The molecule has 1 atom stereocenters. The highest BCUT2D eigenvalue weighted by atomic mass is 32.2. The number of amides is 1. The first-order valence-corrected chi connectivity index (χ1v) is 11.9. The van der Waals surface area contributed by atoms with E-state index in [4.69, 9.17) is 0 Å². The van der Waals surface area contributed by atoms with Crippen LogP contribution in [0.15, 0.2) is 23.5 Å². The number of fused-ring (bicyclic) bond motifs is 2. The van der Waals surface area contributed by atoms with E-state index in [0.29, 0.717) is 5.56 Å². The van der Waals surface area contributed by atoms with Crippen LogP contribution in [0.1, 0.15) is 41.4 Å². The van der Waals surface area contributed by atoms with E-state index in [-0.39, 0.29) is 56.6 Å². The largest absolute Gasteiger partial charge is 0.417 e. The van der Waals surface area contributed by atoms with Crippen LogP contribution in [0.5, 0.6) is 0 Å². The Morgan fingerprint density at radius 1 is 1.24 bits per heavy atom. The van der Waals surface area contributed by atoms with Crippen LogP contribution in [0, 0.1) is 6.92 Å². The molecule has 0 aliphatic heterocycles. The number of nitrogens with zero attached hydrogens (tertiary/aromatic N) is 6. The number of hydrogen-bond acceptors (Lipinski definition) is 6. The summed E-state index contributed by atoms with van der Waals surface area (Å²) in [7, 11) is 0.0318. The molecule has 5 rings (SSSR count). The Bertz CT molecular complexity index is 1490. The van der Waals surface area contributed by atoms with Crippen LogP contribution in [0.25, 0.3) is 28.2 Å². The molecule has 4 heterocycles. The van der Waals surface area contributed by atoms with Crippen molar-refractivity contribution >= 4 is 33.5 Å². The van der Waals surface area contributed by atoms with E-state index in [1.54, 1.807) is 20.9 Å². The first kappa shape index (κ1) is 22.4. The van der Waals surface area contributed by atoms with Gasteiger partial charge in [-0.3, -0.25) is 9.00 Å². The molecule has 1 aliphatic rings. The number of alkyl halides is 3. The van der Waals surface area contributed by atoms with Crippen LogP contribution >= 0.6 is 0 Å². The van der Waals surface area contributed by atoms with Gasteiger partial charge in [0.1, 0.15) is 17.0 Å². The Hall–Kier alpha value is -3.35. The van der Waals surface area contributed by atoms with E-state index in [1.165, 1.54) is 15.3 Å². The van der Waals surface area contributed by atoms with E-state index in [1.807, 2.05) is 0 Å². The maximum Gasteiger partial charge on any atom is 0.417 e. The summed E-state index contributed by atoms with van der Waals surface area (Å²) in [4.78, 5) is 25.7. The highest BCUT2D eigenvalue weighted by Gasteiger charge is 2.33. The number of nitrogens with one attached hydrogen (secondary N) is 1. The van der Waals surface area contributed by atoms with Gasteiger partial charge in [-0.15, -0.1) is 0 Å². The van der Waals surface area contributed by atoms with Gasteiger partial charge in [-0.2, -0.15) is 18.3 Å². The highest BCUT2D eigenvalue weighted by Crippen LogP contribution is 2.34. The highest BCUT2D eigenvalue weighted by molar-refractivity contribution is 7.85. The molecule has 13 heteroatoms. The van der Waals surface area contributed by atoms with Crippen LogP contribution < -0.4 is 5.32 Å². The quantitative estimate of drug-likeness (QED) is 0.460. The molecule has 9 nitrogen and oxygen atoms in total. The van der Waals surface area contributed by atoms with Crippen molar-refractivity contribution in [2.24, 2.45) is 7.05 Å². The topological polar surface area (TPSA) is 107 Å². The Morgan fingerprint density at radius 3 is 2.59 bits per heavy atom. The zero-order valence-electron chi connectivity index (χ0n) is 18.5. The minimum Gasteiger partial charge on any atom is -0.348 e. The minimum atomic E-state index is -4.57. The van der Waals surface area contributed by atoms with Crippen LogP contribution in [0.3, 0.4) is 0 Å². The van der Waals surface area contributed by atoms with Gasteiger partial charge in [0.05, 0.1) is 21.9 Å². The second-order valence-electron chi connectivity index (χ2n) is 8.15. The molecule has 1 saturated carbocycles. The third kappa shape index (κ3) is 3.63. The van der Waals surface area contributed by atoms with E-state index in [9.17, 15) is 22.2 Å². The van der Waals surface area contributed by atoms with Crippen LogP contribution in [-0.4, -0.2) is 51.0 Å². The lowest BCUT2D eigenvalue weighted by molar-refractivity contribution is -0.137. The summed E-state index contributed by atoms with van der Waals surface area (Å²) in [6.45, 7) is 3.44. The number of imidazole rings is 1. The van der Waals surface area contributed by atoms with Crippen molar-refractivity contribution in [1.82, 2.24) is 34.4 Å². The number of hydrogen-bond donors (Lipinski definition) is 1. The molecular weight excluding hydrogens is 471 g/mol. The number of rotatable bonds is 5. The monoisotopic (exact) mass is 491 g/mol. The summed E-state index contributed by atoms with van der Waals surface area (Å²) in [5.41, 5.74) is 0.680. The Kier molecular flexibility index (Phi) is 5.19. The molecule has 4 aromatic heterocycles. The first-order chi connectivity index (χ1) is 16.1. The van der Waals surface area contributed by atoms with Crippen molar-refractivity contribution in [3.05, 3.63) is 35.3 Å². The minimum absolute atomic E-state index is 0.0266. The summed E-state index contributed by atoms with van der Waals surface area (Å²) in [5, 5.41) is 7.55. The van der Waals surface area contributed by atoms with Gasteiger partial charge >= 0.3 is 6.18 Å². The van der Waals surface area contributed by atoms with Crippen molar-refractivity contribution in [2.75, 3.05) is 5.75 Å². The average Bonchev–Trinajstić information content (AvgIpc) is 3.43. The fourth-order valence-electron chi connectivity index (χ4n) is 3.75. The number of halogens is 3. The molecule has 178 valence electrons. The molecule has 0 aromatic carbocycles. The third-order valence-electron chi connectivity index (χ3n) is 5.66. The summed E-state index contributed by atoms with van der Waals surface area (Å²) in [6.07, 6.45) is -0.496. The molecule has 0 bridgehead atoms. The lowest BCUT2D eigenvalue weighted by Crippen LogP contribution is -2.28. The Balaban J connectivity index is 1.77. The fraction of sp³-hybridized carbons (Fsp3) is 0.381. The number of aryl methyl sites for hydroxylation is 2. The smallest absolute Gasteiger partial charge is 0.348 e. The second kappa shape index (κ2) is 7.86. The molecule has 0 spiro atoms. The van der Waals surface area contributed by atoms with E-state index < -0.39 is 22.5 Å². The maximum absolute atomic E-state index is 13.2. The van der Waals surface area contributed by atoms with Crippen molar-refractivity contribution < 1.29 is 22.2 Å². The van der Waals surface area contributed by atoms with Gasteiger partial charge in [-0.05, 0) is 31.4 Å². The van der Waals surface area contributed by atoms with E-state index >= 15 is 0 Å². The molecule has 0 saturated heterocycles. The van der Waals surface area contributed by atoms with Crippen LogP contribution in [0.4, 0.5) is 13.2 Å². The molecule has 0 radical (unpaired) electrons. The van der Waals surface area contributed by atoms with Gasteiger partial charge in [0.25, 0.3) is 5.91 Å². The van der Waals surface area contributed by atoms with Gasteiger partial charge in [0, 0.05) is 31.2 Å². The summed E-state index contributed by atoms with van der Waals surface area (Å²) >= 11 is 0. The molecule has 1 amide bonds. The Morgan fingerprint density at radius 2 is 1.94 bits per heavy atom. The standard InChI is InChI=1S/C21H20F3N7O2S/c1-4-34(33)20-14(18-28-13-7-11(21(22,23)24)9-26-16(13)30(18)3)17-25-8-10(2)15(31(17)29-20)19(32)27-12-5-6-12/h7-9,12H,4-6H2,1-3H3,(H,27,32). The summed E-state index contributed by atoms with van der Waals surface area (Å²) in [6, 6.07) is 1.03. The number of carbonyl (C=O) groups is 1. The fourth-order valence-corrected chi connectivity index (χ4v) is 4.61. The summed E-state index contributed by atoms with van der Waals surface area (Å²) < 4.78 is 55.4. The van der Waals surface area contributed by atoms with Gasteiger partial charge in [0.15, 0.2) is 16.3 Å². The number of pyridine rings is 1. The van der Waals surface area contributed by atoms with Gasteiger partial charge in [-0.1, -0.05) is 6.92 Å².